The molecule has 0 saturated carbocycles. The molecule has 69 heavy (non-hydrogen) atoms. The second-order valence-electron chi connectivity index (χ2n) is 19.7. The van der Waals surface area contributed by atoms with E-state index in [4.69, 9.17) is 0 Å². The number of nitrogens with one attached hydrogen (secondary N) is 1. The fraction of sp³-hybridized carbons (Fsp3) is 0.708. The topological polar surface area (TPSA) is 69.6 Å². The van der Waals surface area contributed by atoms with Gasteiger partial charge in [0, 0.05) is 6.42 Å². The number of aliphatic hydroxyl groups excluding tert-OH is 2. The second-order valence-corrected chi connectivity index (χ2v) is 19.7. The zero-order chi connectivity index (χ0) is 49.9. The Kier molecular flexibility index (Phi) is 56.8. The molecule has 0 bridgehead atoms. The van der Waals surface area contributed by atoms with E-state index in [1.807, 2.05) is 6.08 Å². The Morgan fingerprint density at radius 2 is 0.652 bits per heavy atom. The Labute approximate surface area is 429 Å². The van der Waals surface area contributed by atoms with Crippen LogP contribution in [0.15, 0.2) is 109 Å². The van der Waals surface area contributed by atoms with Gasteiger partial charge in [-0.1, -0.05) is 290 Å². The van der Waals surface area contributed by atoms with Gasteiger partial charge in [-0.3, -0.25) is 4.79 Å². The first-order chi connectivity index (χ1) is 34.2. The number of carbonyl (C=O) groups excluding carboxylic acids is 1. The number of rotatable bonds is 53. The third-order valence-electron chi connectivity index (χ3n) is 13.0. The maximum atomic E-state index is 12.5. The molecular weight excluding hydrogens is 843 g/mol. The lowest BCUT2D eigenvalue weighted by Crippen LogP contribution is -2.45. The summed E-state index contributed by atoms with van der Waals surface area (Å²) < 4.78 is 0. The Morgan fingerprint density at radius 1 is 0.362 bits per heavy atom. The first-order valence-electron chi connectivity index (χ1n) is 29.6. The molecular formula is C65H113NO3. The molecule has 1 amide bonds. The van der Waals surface area contributed by atoms with Crippen molar-refractivity contribution in [3.63, 3.8) is 0 Å². The minimum Gasteiger partial charge on any atom is -0.394 e. The van der Waals surface area contributed by atoms with Gasteiger partial charge in [0.05, 0.1) is 18.8 Å². The Bertz CT molecular complexity index is 1310. The van der Waals surface area contributed by atoms with E-state index in [2.05, 4.69) is 116 Å². The highest BCUT2D eigenvalue weighted by Crippen LogP contribution is 2.16. The van der Waals surface area contributed by atoms with E-state index in [-0.39, 0.29) is 12.5 Å². The molecule has 0 aliphatic carbocycles. The molecule has 2 unspecified atom stereocenters. The van der Waals surface area contributed by atoms with Crippen LogP contribution in [-0.2, 0) is 4.79 Å². The van der Waals surface area contributed by atoms with Gasteiger partial charge in [0.1, 0.15) is 0 Å². The Hall–Kier alpha value is -2.95. The van der Waals surface area contributed by atoms with Gasteiger partial charge in [0.15, 0.2) is 0 Å². The summed E-state index contributed by atoms with van der Waals surface area (Å²) in [5.74, 6) is -0.0739. The molecule has 0 radical (unpaired) electrons. The van der Waals surface area contributed by atoms with Gasteiger partial charge in [0.25, 0.3) is 0 Å². The van der Waals surface area contributed by atoms with Gasteiger partial charge in [-0.05, 0) is 89.9 Å². The predicted molar refractivity (Wildman–Crippen MR) is 308 cm³/mol. The van der Waals surface area contributed by atoms with Gasteiger partial charge in [-0.2, -0.15) is 0 Å². The van der Waals surface area contributed by atoms with E-state index in [9.17, 15) is 15.0 Å². The molecule has 0 rings (SSSR count). The first-order valence-corrected chi connectivity index (χ1v) is 29.6. The average Bonchev–Trinajstić information content (AvgIpc) is 3.35. The van der Waals surface area contributed by atoms with E-state index in [1.165, 1.54) is 180 Å². The van der Waals surface area contributed by atoms with Crippen molar-refractivity contribution in [2.24, 2.45) is 0 Å². The number of hydrogen-bond acceptors (Lipinski definition) is 3. The van der Waals surface area contributed by atoms with Gasteiger partial charge in [-0.25, -0.2) is 0 Å². The summed E-state index contributed by atoms with van der Waals surface area (Å²) in [6, 6.07) is -0.642. The van der Waals surface area contributed by atoms with Crippen LogP contribution in [0.25, 0.3) is 0 Å². The molecule has 396 valence electrons. The van der Waals surface area contributed by atoms with Crippen LogP contribution in [0.3, 0.4) is 0 Å². The standard InChI is InChI=1S/C65H113NO3/c1-3-5-7-9-11-13-15-17-19-21-22-23-24-25-26-27-28-29-30-31-32-33-34-35-36-37-38-39-40-41-42-43-44-45-47-49-51-53-55-57-59-61-65(69)66-63(62-67)64(68)60-58-56-54-52-50-48-46-20-18-16-14-12-10-8-6-4-2/h5,7,11,13,17,19,22-23,25-26,28-29,31-32,50,52,58,60,63-64,67-68H,3-4,6,8-10,12,14-16,18,20-21,24,27,30,33-49,51,53-57,59,61-62H2,1-2H3,(H,66,69)/b7-5-,13-11-,19-17-,23-22-,26-25-,29-28-,32-31-,52-50+,60-58+. The highest BCUT2D eigenvalue weighted by molar-refractivity contribution is 5.76. The summed E-state index contributed by atoms with van der Waals surface area (Å²) >= 11 is 0. The molecule has 0 heterocycles. The summed E-state index contributed by atoms with van der Waals surface area (Å²) in [5, 5.41) is 23.1. The maximum Gasteiger partial charge on any atom is 0.220 e. The zero-order valence-electron chi connectivity index (χ0n) is 45.5. The van der Waals surface area contributed by atoms with E-state index in [1.54, 1.807) is 6.08 Å². The fourth-order valence-corrected chi connectivity index (χ4v) is 8.53. The lowest BCUT2D eigenvalue weighted by molar-refractivity contribution is -0.123. The van der Waals surface area contributed by atoms with Crippen LogP contribution < -0.4 is 5.32 Å². The fourth-order valence-electron chi connectivity index (χ4n) is 8.53. The lowest BCUT2D eigenvalue weighted by Gasteiger charge is -2.19. The van der Waals surface area contributed by atoms with Crippen LogP contribution in [-0.4, -0.2) is 34.9 Å². The Balaban J connectivity index is 3.50. The third kappa shape index (κ3) is 55.8. The molecule has 2 atom stereocenters. The molecule has 3 N–H and O–H groups in total. The quantitative estimate of drug-likeness (QED) is 0.0420. The van der Waals surface area contributed by atoms with Gasteiger partial charge < -0.3 is 15.5 Å². The normalized spacial score (nSPS) is 13.6. The SMILES string of the molecule is CC/C=C\C/C=C\C/C=C\C/C=C\C/C=C\C/C=C\C/C=C\CCCCCCCCCCCCCCCCCCCCCC(=O)NC(CO)C(O)/C=C/CC/C=C/CCCCCCCCCCCC. The van der Waals surface area contributed by atoms with E-state index in [0.717, 1.165) is 77.0 Å². The summed E-state index contributed by atoms with van der Waals surface area (Å²) in [4.78, 5) is 12.5. The van der Waals surface area contributed by atoms with Crippen LogP contribution >= 0.6 is 0 Å². The minimum atomic E-state index is -0.865. The number of amides is 1. The predicted octanol–water partition coefficient (Wildman–Crippen LogP) is 19.9. The molecule has 0 saturated heterocycles. The van der Waals surface area contributed by atoms with Crippen molar-refractivity contribution in [2.75, 3.05) is 6.61 Å². The van der Waals surface area contributed by atoms with Crippen LogP contribution in [0.2, 0.25) is 0 Å². The second kappa shape index (κ2) is 59.4. The molecule has 0 aromatic heterocycles. The van der Waals surface area contributed by atoms with Crippen LogP contribution in [0.1, 0.15) is 277 Å². The molecule has 0 aromatic carbocycles. The molecule has 4 nitrogen and oxygen atoms in total. The van der Waals surface area contributed by atoms with Crippen molar-refractivity contribution in [1.29, 1.82) is 0 Å². The number of hydrogen-bond donors (Lipinski definition) is 3. The van der Waals surface area contributed by atoms with E-state index < -0.39 is 12.1 Å². The molecule has 0 aliphatic heterocycles. The summed E-state index contributed by atoms with van der Waals surface area (Å²) in [6.07, 6.45) is 89.8. The molecule has 0 fully saturated rings. The highest BCUT2D eigenvalue weighted by atomic mass is 16.3. The molecule has 4 heteroatoms. The summed E-state index contributed by atoms with van der Waals surface area (Å²) in [6.45, 7) is 4.18. The minimum absolute atomic E-state index is 0.0739. The van der Waals surface area contributed by atoms with Crippen molar-refractivity contribution in [1.82, 2.24) is 5.32 Å². The van der Waals surface area contributed by atoms with Gasteiger partial charge in [0.2, 0.25) is 5.91 Å². The monoisotopic (exact) mass is 956 g/mol. The Morgan fingerprint density at radius 3 is 1.01 bits per heavy atom. The van der Waals surface area contributed by atoms with Gasteiger partial charge >= 0.3 is 0 Å². The van der Waals surface area contributed by atoms with E-state index >= 15 is 0 Å². The van der Waals surface area contributed by atoms with Crippen LogP contribution in [0.4, 0.5) is 0 Å². The highest BCUT2D eigenvalue weighted by Gasteiger charge is 2.18. The summed E-state index contributed by atoms with van der Waals surface area (Å²) in [7, 11) is 0. The average molecular weight is 957 g/mol. The zero-order valence-corrected chi connectivity index (χ0v) is 45.5. The largest absolute Gasteiger partial charge is 0.394 e. The van der Waals surface area contributed by atoms with Crippen molar-refractivity contribution < 1.29 is 15.0 Å². The number of unbranched alkanes of at least 4 members (excludes halogenated alkanes) is 30. The van der Waals surface area contributed by atoms with Crippen molar-refractivity contribution >= 4 is 5.91 Å². The van der Waals surface area contributed by atoms with E-state index in [0.29, 0.717) is 6.42 Å². The lowest BCUT2D eigenvalue weighted by atomic mass is 10.0. The first kappa shape index (κ1) is 66.0. The number of allylic oxidation sites excluding steroid dienone is 17. The number of aliphatic hydroxyl groups is 2. The number of carbonyl (C=O) groups is 1. The van der Waals surface area contributed by atoms with Crippen molar-refractivity contribution in [2.45, 2.75) is 289 Å². The maximum absolute atomic E-state index is 12.5. The third-order valence-corrected chi connectivity index (χ3v) is 13.0. The molecule has 0 aromatic rings. The molecule has 0 aliphatic rings. The van der Waals surface area contributed by atoms with Crippen LogP contribution in [0.5, 0.6) is 0 Å². The van der Waals surface area contributed by atoms with Crippen molar-refractivity contribution in [3.8, 4) is 0 Å². The van der Waals surface area contributed by atoms with Crippen molar-refractivity contribution in [3.05, 3.63) is 109 Å². The van der Waals surface area contributed by atoms with Gasteiger partial charge in [-0.15, -0.1) is 0 Å². The smallest absolute Gasteiger partial charge is 0.220 e. The summed E-state index contributed by atoms with van der Waals surface area (Å²) in [5.41, 5.74) is 0. The van der Waals surface area contributed by atoms with Crippen LogP contribution in [0, 0.1) is 0 Å². The molecule has 0 spiro atoms.